The number of rotatable bonds is 2. The van der Waals surface area contributed by atoms with Crippen LogP contribution in [0.3, 0.4) is 0 Å². The van der Waals surface area contributed by atoms with E-state index < -0.39 is 16.1 Å². The number of allylic oxidation sites excluding steroid dienone is 1. The maximum Gasteiger partial charge on any atom is 0.158 e. The first-order chi connectivity index (χ1) is 7.92. The first-order valence-electron chi connectivity index (χ1n) is 5.57. The van der Waals surface area contributed by atoms with Crippen molar-refractivity contribution in [1.82, 2.24) is 0 Å². The summed E-state index contributed by atoms with van der Waals surface area (Å²) < 4.78 is 10.9. The minimum Gasteiger partial charge on any atom is -0.598 e. The first-order valence-corrected chi connectivity index (χ1v) is 7.16. The summed E-state index contributed by atoms with van der Waals surface area (Å²) >= 11 is 4.79. The van der Waals surface area contributed by atoms with Crippen molar-refractivity contribution in [2.24, 2.45) is 5.14 Å². The van der Waals surface area contributed by atoms with Crippen molar-refractivity contribution in [1.29, 1.82) is 0 Å². The van der Waals surface area contributed by atoms with E-state index in [9.17, 15) is 4.55 Å². The smallest absolute Gasteiger partial charge is 0.158 e. The summed E-state index contributed by atoms with van der Waals surface area (Å²) in [6.45, 7) is 3.78. The van der Waals surface area contributed by atoms with Crippen LogP contribution in [0.5, 0.6) is 0 Å². The number of halogens is 1. The fraction of sp³-hybridized carbons (Fsp3) is 0.385. The molecular formula is C13H16ClNOS. The molecule has 0 aromatic heterocycles. The zero-order valence-corrected chi connectivity index (χ0v) is 11.6. The van der Waals surface area contributed by atoms with Gasteiger partial charge in [0, 0.05) is 16.4 Å². The summed E-state index contributed by atoms with van der Waals surface area (Å²) in [4.78, 5) is 0. The molecule has 0 saturated carbocycles. The maximum absolute atomic E-state index is 11.5. The van der Waals surface area contributed by atoms with Crippen LogP contribution in [0.2, 0.25) is 5.02 Å². The van der Waals surface area contributed by atoms with Gasteiger partial charge in [-0.2, -0.15) is 5.14 Å². The minimum absolute atomic E-state index is 0.501. The third-order valence-corrected chi connectivity index (χ3v) is 4.66. The van der Waals surface area contributed by atoms with Crippen molar-refractivity contribution in [3.63, 3.8) is 0 Å². The fourth-order valence-electron chi connectivity index (χ4n) is 2.14. The summed E-state index contributed by atoms with van der Waals surface area (Å²) in [5.74, 6) is 0. The minimum atomic E-state index is -1.36. The highest BCUT2D eigenvalue weighted by Crippen LogP contribution is 2.38. The van der Waals surface area contributed by atoms with Crippen LogP contribution in [-0.4, -0.2) is 9.30 Å². The van der Waals surface area contributed by atoms with Gasteiger partial charge in [0.1, 0.15) is 0 Å². The first kappa shape index (κ1) is 13.0. The van der Waals surface area contributed by atoms with Crippen molar-refractivity contribution in [3.8, 4) is 0 Å². The van der Waals surface area contributed by atoms with Gasteiger partial charge in [0.15, 0.2) is 4.75 Å². The maximum atomic E-state index is 11.5. The molecular weight excluding hydrogens is 254 g/mol. The molecule has 17 heavy (non-hydrogen) atoms. The molecule has 0 spiro atoms. The Morgan fingerprint density at radius 2 is 2.12 bits per heavy atom. The number of nitrogens with two attached hydrogens (primary N) is 1. The molecule has 2 nitrogen and oxygen atoms in total. The second kappa shape index (κ2) is 4.65. The molecule has 2 rings (SSSR count). The molecule has 2 N–H and O–H groups in total. The number of benzene rings is 1. The number of fused-ring (bicyclic) bond motifs is 1. The summed E-state index contributed by atoms with van der Waals surface area (Å²) in [5, 5.41) is 6.32. The van der Waals surface area contributed by atoms with Crippen molar-refractivity contribution in [2.75, 3.05) is 0 Å². The lowest BCUT2D eigenvalue weighted by Gasteiger charge is -2.21. The molecule has 0 amide bonds. The average Bonchev–Trinajstić information content (AvgIpc) is 2.62. The molecule has 0 heterocycles. The van der Waals surface area contributed by atoms with Crippen LogP contribution >= 0.6 is 11.6 Å². The zero-order valence-electron chi connectivity index (χ0n) is 10.00. The SMILES string of the molecule is CC(C)(C=C1CCc2c(Cl)cccc21)[S+](N)[O-]. The predicted molar refractivity (Wildman–Crippen MR) is 74.2 cm³/mol. The van der Waals surface area contributed by atoms with Crippen LogP contribution in [0.1, 0.15) is 31.4 Å². The molecule has 0 radical (unpaired) electrons. The van der Waals surface area contributed by atoms with E-state index in [1.165, 1.54) is 16.7 Å². The molecule has 1 aliphatic rings. The van der Waals surface area contributed by atoms with Crippen LogP contribution in [0.25, 0.3) is 5.57 Å². The highest BCUT2D eigenvalue weighted by molar-refractivity contribution is 7.90. The third kappa shape index (κ3) is 2.52. The van der Waals surface area contributed by atoms with Gasteiger partial charge >= 0.3 is 0 Å². The van der Waals surface area contributed by atoms with Crippen LogP contribution < -0.4 is 5.14 Å². The molecule has 1 aromatic rings. The Morgan fingerprint density at radius 1 is 1.41 bits per heavy atom. The van der Waals surface area contributed by atoms with Gasteiger partial charge in [-0.15, -0.1) is 0 Å². The van der Waals surface area contributed by atoms with Crippen molar-refractivity contribution < 1.29 is 4.55 Å². The molecule has 92 valence electrons. The van der Waals surface area contributed by atoms with Gasteiger partial charge < -0.3 is 4.55 Å². The van der Waals surface area contributed by atoms with Gasteiger partial charge in [-0.05, 0) is 55.5 Å². The van der Waals surface area contributed by atoms with Gasteiger partial charge in [0.2, 0.25) is 0 Å². The van der Waals surface area contributed by atoms with Gasteiger partial charge in [-0.1, -0.05) is 23.7 Å². The molecule has 0 fully saturated rings. The monoisotopic (exact) mass is 269 g/mol. The summed E-state index contributed by atoms with van der Waals surface area (Å²) in [5.41, 5.74) is 3.57. The van der Waals surface area contributed by atoms with E-state index in [0.717, 1.165) is 17.9 Å². The van der Waals surface area contributed by atoms with Crippen molar-refractivity contribution in [2.45, 2.75) is 31.4 Å². The summed E-state index contributed by atoms with van der Waals surface area (Å²) in [6.07, 6.45) is 3.92. The predicted octanol–water partition coefficient (Wildman–Crippen LogP) is 3.07. The lowest BCUT2D eigenvalue weighted by Crippen LogP contribution is -2.36. The van der Waals surface area contributed by atoms with E-state index in [1.54, 1.807) is 0 Å². The zero-order chi connectivity index (χ0) is 12.6. The van der Waals surface area contributed by atoms with Crippen LogP contribution in [0, 0.1) is 0 Å². The summed E-state index contributed by atoms with van der Waals surface area (Å²) in [7, 11) is 0. The Labute approximate surface area is 110 Å². The van der Waals surface area contributed by atoms with Gasteiger partial charge in [-0.25, -0.2) is 0 Å². The molecule has 0 bridgehead atoms. The van der Waals surface area contributed by atoms with Gasteiger partial charge in [0.05, 0.1) is 0 Å². The molecule has 0 saturated heterocycles. The van der Waals surface area contributed by atoms with Crippen molar-refractivity contribution >= 4 is 28.5 Å². The molecule has 1 aliphatic carbocycles. The second-order valence-corrected chi connectivity index (χ2v) is 6.89. The highest BCUT2D eigenvalue weighted by Gasteiger charge is 2.30. The fourth-order valence-corrected chi connectivity index (χ4v) is 2.66. The number of hydrogen-bond donors (Lipinski definition) is 1. The van der Waals surface area contributed by atoms with Crippen LogP contribution in [0.15, 0.2) is 24.3 Å². The molecule has 1 atom stereocenters. The third-order valence-electron chi connectivity index (χ3n) is 3.15. The molecule has 1 aromatic carbocycles. The van der Waals surface area contributed by atoms with Gasteiger partial charge in [-0.3, -0.25) is 0 Å². The lowest BCUT2D eigenvalue weighted by atomic mass is 10.0. The Balaban J connectivity index is 2.41. The van der Waals surface area contributed by atoms with Gasteiger partial charge in [0.25, 0.3) is 0 Å². The van der Waals surface area contributed by atoms with Crippen molar-refractivity contribution in [3.05, 3.63) is 40.4 Å². The second-order valence-electron chi connectivity index (χ2n) is 4.84. The topological polar surface area (TPSA) is 49.1 Å². The molecule has 0 aliphatic heterocycles. The highest BCUT2D eigenvalue weighted by atomic mass is 35.5. The summed E-state index contributed by atoms with van der Waals surface area (Å²) in [6, 6.07) is 5.93. The largest absolute Gasteiger partial charge is 0.598 e. The Morgan fingerprint density at radius 3 is 2.76 bits per heavy atom. The van der Waals surface area contributed by atoms with E-state index in [1.807, 2.05) is 32.1 Å². The van der Waals surface area contributed by atoms with Crippen LogP contribution in [-0.2, 0) is 17.8 Å². The molecule has 1 unspecified atom stereocenters. The van der Waals surface area contributed by atoms with E-state index in [4.69, 9.17) is 16.7 Å². The van der Waals surface area contributed by atoms with E-state index in [0.29, 0.717) is 0 Å². The Kier molecular flexibility index (Phi) is 3.55. The van der Waals surface area contributed by atoms with E-state index >= 15 is 0 Å². The lowest BCUT2D eigenvalue weighted by molar-refractivity contribution is 0.573. The molecule has 4 heteroatoms. The Bertz CT molecular complexity index is 468. The standard InChI is InChI=1S/C13H16ClNOS/c1-13(2,17(15)16)8-9-6-7-11-10(9)4-3-5-12(11)14/h3-5,8H,6-7,15H2,1-2H3. The average molecular weight is 270 g/mol. The van der Waals surface area contributed by atoms with E-state index in [-0.39, 0.29) is 0 Å². The normalized spacial score (nSPS) is 19.5. The van der Waals surface area contributed by atoms with Crippen LogP contribution in [0.4, 0.5) is 0 Å². The van der Waals surface area contributed by atoms with E-state index in [2.05, 4.69) is 6.07 Å². The Hall–Kier alpha value is -0.480. The number of hydrogen-bond acceptors (Lipinski definition) is 2. The quantitative estimate of drug-likeness (QED) is 0.839.